The van der Waals surface area contributed by atoms with Crippen LogP contribution in [0.5, 0.6) is 0 Å². The average Bonchev–Trinajstić information content (AvgIpc) is 2.35. The highest BCUT2D eigenvalue weighted by Gasteiger charge is 2.15. The fourth-order valence-corrected chi connectivity index (χ4v) is 2.93. The second-order valence-corrected chi connectivity index (χ2v) is 5.42. The van der Waals surface area contributed by atoms with Gasteiger partial charge in [-0.3, -0.25) is 0 Å². The average molecular weight is 273 g/mol. The Labute approximate surface area is 114 Å². The number of anilines is 1. The summed E-state index contributed by atoms with van der Waals surface area (Å²) in [6.45, 7) is 4.32. The largest absolute Gasteiger partial charge is 0.356 e. The van der Waals surface area contributed by atoms with Crippen molar-refractivity contribution in [3.63, 3.8) is 0 Å². The third-order valence-corrected chi connectivity index (χ3v) is 4.00. The van der Waals surface area contributed by atoms with Gasteiger partial charge in [0.25, 0.3) is 0 Å². The van der Waals surface area contributed by atoms with Crippen LogP contribution >= 0.6 is 23.4 Å². The number of nitrogens with zero attached hydrogens (tertiary/aromatic N) is 2. The lowest BCUT2D eigenvalue weighted by molar-refractivity contribution is 0.664. The molecule has 0 aromatic carbocycles. The molecule has 0 spiro atoms. The van der Waals surface area contributed by atoms with Gasteiger partial charge in [-0.1, -0.05) is 6.92 Å². The minimum absolute atomic E-state index is 0.528. The first-order chi connectivity index (χ1) is 8.13. The Morgan fingerprint density at radius 2 is 2.24 bits per heavy atom. The van der Waals surface area contributed by atoms with Gasteiger partial charge in [0.05, 0.1) is 0 Å². The molecule has 0 aliphatic carbocycles. The van der Waals surface area contributed by atoms with Gasteiger partial charge < -0.3 is 4.90 Å². The van der Waals surface area contributed by atoms with E-state index in [-0.39, 0.29) is 0 Å². The molecule has 1 aromatic rings. The molecule has 0 amide bonds. The number of pyridine rings is 1. The van der Waals surface area contributed by atoms with Gasteiger partial charge in [0, 0.05) is 30.9 Å². The number of halogens is 1. The summed E-state index contributed by atoms with van der Waals surface area (Å²) >= 11 is 7.69. The zero-order valence-electron chi connectivity index (χ0n) is 11.0. The van der Waals surface area contributed by atoms with Gasteiger partial charge in [-0.25, -0.2) is 4.98 Å². The predicted octanol–water partition coefficient (Wildman–Crippen LogP) is 3.71. The molecule has 4 heteroatoms. The highest BCUT2D eigenvalue weighted by molar-refractivity contribution is 7.98. The SMILES string of the molecule is CCC(CSC)N(C)c1ncc(CCl)cc1C. The van der Waals surface area contributed by atoms with E-state index in [9.17, 15) is 0 Å². The van der Waals surface area contributed by atoms with Crippen molar-refractivity contribution in [3.8, 4) is 0 Å². The summed E-state index contributed by atoms with van der Waals surface area (Å²) in [4.78, 5) is 6.81. The number of thioether (sulfide) groups is 1. The molecular weight excluding hydrogens is 252 g/mol. The lowest BCUT2D eigenvalue weighted by atomic mass is 10.1. The van der Waals surface area contributed by atoms with Gasteiger partial charge in [0.2, 0.25) is 0 Å². The van der Waals surface area contributed by atoms with Crippen LogP contribution in [0.2, 0.25) is 0 Å². The molecule has 1 rings (SSSR count). The quantitative estimate of drug-likeness (QED) is 0.735. The van der Waals surface area contributed by atoms with Crippen molar-refractivity contribution >= 4 is 29.2 Å². The molecule has 1 atom stereocenters. The molecule has 96 valence electrons. The van der Waals surface area contributed by atoms with Crippen LogP contribution in [0.3, 0.4) is 0 Å². The first-order valence-electron chi connectivity index (χ1n) is 5.87. The molecule has 0 bridgehead atoms. The van der Waals surface area contributed by atoms with Crippen LogP contribution < -0.4 is 4.90 Å². The van der Waals surface area contributed by atoms with Gasteiger partial charge in [-0.2, -0.15) is 11.8 Å². The zero-order valence-corrected chi connectivity index (χ0v) is 12.6. The van der Waals surface area contributed by atoms with Crippen molar-refractivity contribution < 1.29 is 0 Å². The van der Waals surface area contributed by atoms with Gasteiger partial charge in [-0.05, 0) is 36.8 Å². The van der Waals surface area contributed by atoms with E-state index in [1.54, 1.807) is 0 Å². The minimum Gasteiger partial charge on any atom is -0.356 e. The van der Waals surface area contributed by atoms with Crippen LogP contribution in [-0.2, 0) is 5.88 Å². The highest BCUT2D eigenvalue weighted by atomic mass is 35.5. The molecule has 17 heavy (non-hydrogen) atoms. The molecule has 0 saturated carbocycles. The van der Waals surface area contributed by atoms with E-state index in [4.69, 9.17) is 11.6 Å². The molecule has 2 nitrogen and oxygen atoms in total. The second kappa shape index (κ2) is 7.12. The van der Waals surface area contributed by atoms with E-state index >= 15 is 0 Å². The Morgan fingerprint density at radius 1 is 1.53 bits per heavy atom. The monoisotopic (exact) mass is 272 g/mol. The van der Waals surface area contributed by atoms with Crippen molar-refractivity contribution in [2.45, 2.75) is 32.2 Å². The van der Waals surface area contributed by atoms with E-state index in [0.717, 1.165) is 23.6 Å². The number of hydrogen-bond acceptors (Lipinski definition) is 3. The van der Waals surface area contributed by atoms with E-state index in [2.05, 4.69) is 43.1 Å². The van der Waals surface area contributed by atoms with Crippen LogP contribution in [-0.4, -0.2) is 30.1 Å². The summed E-state index contributed by atoms with van der Waals surface area (Å²) in [6, 6.07) is 2.66. The van der Waals surface area contributed by atoms with Crippen molar-refractivity contribution in [3.05, 3.63) is 23.4 Å². The Bertz CT molecular complexity index is 357. The summed E-state index contributed by atoms with van der Waals surface area (Å²) in [6.07, 6.45) is 5.15. The van der Waals surface area contributed by atoms with E-state index in [1.165, 1.54) is 5.56 Å². The Morgan fingerprint density at radius 3 is 2.71 bits per heavy atom. The lowest BCUT2D eigenvalue weighted by Gasteiger charge is -2.29. The maximum absolute atomic E-state index is 5.81. The molecule has 0 N–H and O–H groups in total. The van der Waals surface area contributed by atoms with Gasteiger partial charge in [-0.15, -0.1) is 11.6 Å². The zero-order chi connectivity index (χ0) is 12.8. The third-order valence-electron chi connectivity index (χ3n) is 2.97. The molecule has 0 saturated heterocycles. The molecule has 1 aromatic heterocycles. The minimum atomic E-state index is 0.528. The Hall–Kier alpha value is -0.410. The fourth-order valence-electron chi connectivity index (χ4n) is 1.94. The van der Waals surface area contributed by atoms with Crippen molar-refractivity contribution in [1.29, 1.82) is 0 Å². The lowest BCUT2D eigenvalue weighted by Crippen LogP contribution is -2.34. The van der Waals surface area contributed by atoms with Crippen molar-refractivity contribution in [2.75, 3.05) is 24.0 Å². The Balaban J connectivity index is 2.90. The standard InChI is InChI=1S/C13H21ClN2S/c1-5-12(9-17-4)16(3)13-10(2)6-11(7-14)8-15-13/h6,8,12H,5,7,9H2,1-4H3. The fraction of sp³-hybridized carbons (Fsp3) is 0.615. The second-order valence-electron chi connectivity index (χ2n) is 4.25. The van der Waals surface area contributed by atoms with Crippen molar-refractivity contribution in [2.24, 2.45) is 0 Å². The smallest absolute Gasteiger partial charge is 0.131 e. The molecule has 0 aliphatic rings. The van der Waals surface area contributed by atoms with Gasteiger partial charge in [0.15, 0.2) is 0 Å². The summed E-state index contributed by atoms with van der Waals surface area (Å²) in [5, 5.41) is 0. The van der Waals surface area contributed by atoms with Gasteiger partial charge >= 0.3 is 0 Å². The van der Waals surface area contributed by atoms with Gasteiger partial charge in [0.1, 0.15) is 5.82 Å². The summed E-state index contributed by atoms with van der Waals surface area (Å²) in [5.74, 6) is 2.73. The summed E-state index contributed by atoms with van der Waals surface area (Å²) < 4.78 is 0. The van der Waals surface area contributed by atoms with E-state index in [0.29, 0.717) is 11.9 Å². The Kier molecular flexibility index (Phi) is 6.14. The van der Waals surface area contributed by atoms with Crippen LogP contribution in [0.1, 0.15) is 24.5 Å². The summed E-state index contributed by atoms with van der Waals surface area (Å²) in [5.41, 5.74) is 2.28. The third kappa shape index (κ3) is 3.78. The number of alkyl halides is 1. The maximum Gasteiger partial charge on any atom is 0.131 e. The number of aromatic nitrogens is 1. The molecular formula is C13H21ClN2S. The van der Waals surface area contributed by atoms with Crippen LogP contribution in [0.4, 0.5) is 5.82 Å². The topological polar surface area (TPSA) is 16.1 Å². The number of rotatable bonds is 6. The molecule has 1 unspecified atom stereocenters. The highest BCUT2D eigenvalue weighted by Crippen LogP contribution is 2.21. The summed E-state index contributed by atoms with van der Waals surface area (Å²) in [7, 11) is 2.13. The normalized spacial score (nSPS) is 12.5. The first-order valence-corrected chi connectivity index (χ1v) is 7.80. The molecule has 0 radical (unpaired) electrons. The number of hydrogen-bond donors (Lipinski definition) is 0. The van der Waals surface area contributed by atoms with Crippen LogP contribution in [0.15, 0.2) is 12.3 Å². The van der Waals surface area contributed by atoms with Crippen molar-refractivity contribution in [1.82, 2.24) is 4.98 Å². The maximum atomic E-state index is 5.81. The number of aryl methyl sites for hydroxylation is 1. The van der Waals surface area contributed by atoms with Crippen LogP contribution in [0, 0.1) is 6.92 Å². The van der Waals surface area contributed by atoms with E-state index < -0.39 is 0 Å². The first kappa shape index (κ1) is 14.7. The molecule has 0 fully saturated rings. The van der Waals surface area contributed by atoms with E-state index in [1.807, 2.05) is 18.0 Å². The molecule has 1 heterocycles. The van der Waals surface area contributed by atoms with Crippen LogP contribution in [0.25, 0.3) is 0 Å². The molecule has 0 aliphatic heterocycles. The predicted molar refractivity (Wildman–Crippen MR) is 79.4 cm³/mol.